The van der Waals surface area contributed by atoms with Gasteiger partial charge in [-0.25, -0.2) is 15.0 Å². The minimum Gasteiger partial charge on any atom is -0.265 e. The number of fused-ring (bicyclic) bond motifs is 1. The van der Waals surface area contributed by atoms with Crippen LogP contribution in [0.15, 0.2) is 170 Å². The highest BCUT2D eigenvalue weighted by atomic mass is 15.0. The van der Waals surface area contributed by atoms with Crippen molar-refractivity contribution in [3.63, 3.8) is 0 Å². The van der Waals surface area contributed by atoms with Gasteiger partial charge in [0.15, 0.2) is 17.5 Å². The van der Waals surface area contributed by atoms with Crippen molar-refractivity contribution in [1.82, 2.24) is 19.9 Å². The monoisotopic (exact) mass is 588 g/mol. The molecule has 46 heavy (non-hydrogen) atoms. The maximum absolute atomic E-state index is 4.87. The van der Waals surface area contributed by atoms with Gasteiger partial charge in [0, 0.05) is 29.1 Å². The fourth-order valence-electron chi connectivity index (χ4n) is 5.75. The van der Waals surface area contributed by atoms with Gasteiger partial charge in [-0.1, -0.05) is 133 Å². The molecule has 0 fully saturated rings. The van der Waals surface area contributed by atoms with Gasteiger partial charge in [0.2, 0.25) is 0 Å². The van der Waals surface area contributed by atoms with Crippen molar-refractivity contribution >= 4 is 10.8 Å². The number of hydrogen-bond acceptors (Lipinski definition) is 4. The molecule has 0 spiro atoms. The molecule has 0 radical (unpaired) electrons. The van der Waals surface area contributed by atoms with E-state index in [9.17, 15) is 0 Å². The molecule has 0 unspecified atom stereocenters. The molecule has 0 saturated carbocycles. The summed E-state index contributed by atoms with van der Waals surface area (Å²) in [4.78, 5) is 18.7. The Morgan fingerprint density at radius 3 is 1.02 bits per heavy atom. The second-order valence-corrected chi connectivity index (χ2v) is 11.2. The van der Waals surface area contributed by atoms with E-state index in [1.54, 1.807) is 0 Å². The van der Waals surface area contributed by atoms with Gasteiger partial charge in [-0.3, -0.25) is 4.98 Å². The summed E-state index contributed by atoms with van der Waals surface area (Å²) in [5, 5.41) is 2.42. The molecule has 0 saturated heterocycles. The quantitative estimate of drug-likeness (QED) is 0.194. The molecule has 6 aromatic carbocycles. The molecule has 2 aromatic heterocycles. The highest BCUT2D eigenvalue weighted by Crippen LogP contribution is 2.31. The lowest BCUT2D eigenvalue weighted by molar-refractivity contribution is 1.07. The molecule has 4 heteroatoms. The van der Waals surface area contributed by atoms with Crippen LogP contribution < -0.4 is 0 Å². The highest BCUT2D eigenvalue weighted by molar-refractivity contribution is 5.91. The van der Waals surface area contributed by atoms with Crippen LogP contribution in [0.5, 0.6) is 0 Å². The first-order chi connectivity index (χ1) is 22.8. The number of aromatic nitrogens is 4. The molecule has 8 rings (SSSR count). The van der Waals surface area contributed by atoms with Crippen molar-refractivity contribution < 1.29 is 0 Å². The Morgan fingerprint density at radius 1 is 0.261 bits per heavy atom. The number of benzene rings is 6. The fraction of sp³-hybridized carbons (Fsp3) is 0. The van der Waals surface area contributed by atoms with Gasteiger partial charge in [0.25, 0.3) is 0 Å². The van der Waals surface area contributed by atoms with Crippen LogP contribution in [0.2, 0.25) is 0 Å². The summed E-state index contributed by atoms with van der Waals surface area (Å²) in [6.45, 7) is 0. The number of hydrogen-bond donors (Lipinski definition) is 0. The van der Waals surface area contributed by atoms with Crippen molar-refractivity contribution in [3.8, 4) is 67.5 Å². The second-order valence-electron chi connectivity index (χ2n) is 11.2. The first-order valence-electron chi connectivity index (χ1n) is 15.3. The Hall–Kier alpha value is -6.26. The number of pyridine rings is 1. The molecule has 0 bridgehead atoms. The van der Waals surface area contributed by atoms with E-state index in [0.29, 0.717) is 17.5 Å². The van der Waals surface area contributed by atoms with E-state index >= 15 is 0 Å². The van der Waals surface area contributed by atoms with Crippen molar-refractivity contribution in [2.45, 2.75) is 0 Å². The van der Waals surface area contributed by atoms with Crippen LogP contribution in [0.25, 0.3) is 78.3 Å². The largest absolute Gasteiger partial charge is 0.265 e. The minimum atomic E-state index is 0.652. The average Bonchev–Trinajstić information content (AvgIpc) is 3.15. The third-order valence-corrected chi connectivity index (χ3v) is 8.25. The summed E-state index contributed by atoms with van der Waals surface area (Å²) >= 11 is 0. The van der Waals surface area contributed by atoms with Crippen LogP contribution in [-0.2, 0) is 0 Å². The average molecular weight is 589 g/mol. The summed E-state index contributed by atoms with van der Waals surface area (Å²) in [7, 11) is 0. The highest BCUT2D eigenvalue weighted by Gasteiger charge is 2.12. The maximum atomic E-state index is 4.87. The summed E-state index contributed by atoms with van der Waals surface area (Å²) in [5.41, 5.74) is 9.93. The molecule has 0 atom stereocenters. The van der Waals surface area contributed by atoms with Gasteiger partial charge < -0.3 is 0 Å². The second kappa shape index (κ2) is 12.0. The molecule has 8 aromatic rings. The lowest BCUT2D eigenvalue weighted by Gasteiger charge is -2.10. The Labute approximate surface area is 267 Å². The van der Waals surface area contributed by atoms with Crippen LogP contribution in [0.1, 0.15) is 0 Å². The van der Waals surface area contributed by atoms with E-state index < -0.39 is 0 Å². The van der Waals surface area contributed by atoms with Gasteiger partial charge in [0.05, 0.1) is 0 Å². The van der Waals surface area contributed by atoms with E-state index in [1.165, 1.54) is 38.6 Å². The standard InChI is InChI=1S/C42H28N4/c1-3-7-33(8-4-1)40-44-41(34-9-5-2-6-10-34)46-42(45-40)35-17-15-31(16-18-35)37-20-22-38-27-36(19-21-39(38)28-37)30-13-11-29(12-14-30)32-23-25-43-26-24-32/h1-28H. The van der Waals surface area contributed by atoms with Gasteiger partial charge in [-0.15, -0.1) is 0 Å². The first-order valence-corrected chi connectivity index (χ1v) is 15.3. The van der Waals surface area contributed by atoms with Gasteiger partial charge >= 0.3 is 0 Å². The fourth-order valence-corrected chi connectivity index (χ4v) is 5.75. The third-order valence-electron chi connectivity index (χ3n) is 8.25. The lowest BCUT2D eigenvalue weighted by atomic mass is 9.96. The molecule has 216 valence electrons. The number of nitrogens with zero attached hydrogens (tertiary/aromatic N) is 4. The van der Waals surface area contributed by atoms with Crippen molar-refractivity contribution in [1.29, 1.82) is 0 Å². The topological polar surface area (TPSA) is 51.6 Å². The van der Waals surface area contributed by atoms with Gasteiger partial charge in [0.1, 0.15) is 0 Å². The van der Waals surface area contributed by atoms with E-state index in [-0.39, 0.29) is 0 Å². The molecular formula is C42H28N4. The molecular weight excluding hydrogens is 560 g/mol. The lowest BCUT2D eigenvalue weighted by Crippen LogP contribution is -2.00. The Morgan fingerprint density at radius 2 is 0.587 bits per heavy atom. The van der Waals surface area contributed by atoms with Crippen molar-refractivity contribution in [2.75, 3.05) is 0 Å². The van der Waals surface area contributed by atoms with Crippen molar-refractivity contribution in [2.24, 2.45) is 0 Å². The minimum absolute atomic E-state index is 0.652. The van der Waals surface area contributed by atoms with Crippen LogP contribution in [0.4, 0.5) is 0 Å². The Kier molecular flexibility index (Phi) is 7.14. The van der Waals surface area contributed by atoms with Gasteiger partial charge in [-0.2, -0.15) is 0 Å². The zero-order valence-electron chi connectivity index (χ0n) is 25.0. The van der Waals surface area contributed by atoms with Gasteiger partial charge in [-0.05, 0) is 68.4 Å². The molecule has 2 heterocycles. The summed E-state index contributed by atoms with van der Waals surface area (Å²) in [6, 6.07) is 54.7. The molecule has 4 nitrogen and oxygen atoms in total. The van der Waals surface area contributed by atoms with E-state index in [2.05, 4.69) is 89.9 Å². The van der Waals surface area contributed by atoms with Crippen LogP contribution in [-0.4, -0.2) is 19.9 Å². The molecule has 0 aliphatic carbocycles. The predicted molar refractivity (Wildman–Crippen MR) is 188 cm³/mol. The zero-order chi connectivity index (χ0) is 30.7. The SMILES string of the molecule is c1ccc(-c2nc(-c3ccccc3)nc(-c3ccc(-c4ccc5cc(-c6ccc(-c7ccncc7)cc6)ccc5c4)cc3)n2)cc1. The smallest absolute Gasteiger partial charge is 0.164 e. The summed E-state index contributed by atoms with van der Waals surface area (Å²) < 4.78 is 0. The first kappa shape index (κ1) is 27.3. The van der Waals surface area contributed by atoms with Crippen LogP contribution in [0, 0.1) is 0 Å². The summed E-state index contributed by atoms with van der Waals surface area (Å²) in [6.07, 6.45) is 3.65. The van der Waals surface area contributed by atoms with E-state index in [4.69, 9.17) is 15.0 Å². The van der Waals surface area contributed by atoms with Crippen LogP contribution >= 0.6 is 0 Å². The zero-order valence-corrected chi connectivity index (χ0v) is 25.0. The summed E-state index contributed by atoms with van der Waals surface area (Å²) in [5.74, 6) is 1.97. The predicted octanol–water partition coefficient (Wildman–Crippen LogP) is 10.4. The van der Waals surface area contributed by atoms with E-state index in [0.717, 1.165) is 22.3 Å². The molecule has 0 aliphatic rings. The molecule has 0 amide bonds. The normalized spacial score (nSPS) is 11.0. The Balaban J connectivity index is 1.08. The molecule has 0 N–H and O–H groups in total. The molecule has 0 aliphatic heterocycles. The Bertz CT molecular complexity index is 2210. The maximum Gasteiger partial charge on any atom is 0.164 e. The third kappa shape index (κ3) is 5.56. The van der Waals surface area contributed by atoms with E-state index in [1.807, 2.05) is 85.2 Å². The number of rotatable bonds is 6. The van der Waals surface area contributed by atoms with Crippen LogP contribution in [0.3, 0.4) is 0 Å². The van der Waals surface area contributed by atoms with Crippen molar-refractivity contribution in [3.05, 3.63) is 170 Å².